The van der Waals surface area contributed by atoms with Gasteiger partial charge in [0, 0.05) is 47.8 Å². The van der Waals surface area contributed by atoms with Gasteiger partial charge >= 0.3 is 0 Å². The molecule has 1 aliphatic rings. The van der Waals surface area contributed by atoms with Gasteiger partial charge in [0.05, 0.1) is 24.3 Å². The van der Waals surface area contributed by atoms with Crippen LogP contribution in [0.25, 0.3) is 33.2 Å². The molecular weight excluding hydrogens is 474 g/mol. The third kappa shape index (κ3) is 4.92. The third-order valence-electron chi connectivity index (χ3n) is 6.78. The zero-order valence-electron chi connectivity index (χ0n) is 20.8. The lowest BCUT2D eigenvalue weighted by molar-refractivity contribution is 0.102. The Morgan fingerprint density at radius 3 is 2.45 bits per heavy atom. The molecule has 7 heteroatoms. The van der Waals surface area contributed by atoms with Gasteiger partial charge in [0.25, 0.3) is 5.91 Å². The minimum absolute atomic E-state index is 0.197. The lowest BCUT2D eigenvalue weighted by Crippen LogP contribution is -2.36. The minimum atomic E-state index is -0.197. The minimum Gasteiger partial charge on any atom is -0.383 e. The summed E-state index contributed by atoms with van der Waals surface area (Å²) in [6, 6.07) is 27.9. The van der Waals surface area contributed by atoms with Gasteiger partial charge in [0.1, 0.15) is 5.82 Å². The van der Waals surface area contributed by atoms with Gasteiger partial charge in [-0.25, -0.2) is 4.98 Å². The predicted octanol–water partition coefficient (Wildman–Crippen LogP) is 5.63. The van der Waals surface area contributed by atoms with E-state index < -0.39 is 0 Å². The van der Waals surface area contributed by atoms with E-state index in [0.29, 0.717) is 17.1 Å². The van der Waals surface area contributed by atoms with E-state index in [1.807, 2.05) is 36.4 Å². The van der Waals surface area contributed by atoms with Crippen LogP contribution in [-0.2, 0) is 4.74 Å². The predicted molar refractivity (Wildman–Crippen MR) is 152 cm³/mol. The number of carbonyl (C=O) groups is 1. The SMILES string of the molecule is Nc1nc2ccc(-c3cccc(NC(=O)c4cccnc4)c3)cc2cc1-c1ccc(N2CCOCC2)cc1. The molecule has 0 bridgehead atoms. The number of anilines is 3. The van der Waals surface area contributed by atoms with Gasteiger partial charge in [-0.05, 0) is 71.3 Å². The molecule has 0 radical (unpaired) electrons. The molecule has 38 heavy (non-hydrogen) atoms. The summed E-state index contributed by atoms with van der Waals surface area (Å²) in [5.41, 5.74) is 13.6. The highest BCUT2D eigenvalue weighted by molar-refractivity contribution is 6.04. The van der Waals surface area contributed by atoms with Gasteiger partial charge in [0.15, 0.2) is 0 Å². The summed E-state index contributed by atoms with van der Waals surface area (Å²) in [5.74, 6) is 0.308. The number of nitrogen functional groups attached to an aromatic ring is 1. The van der Waals surface area contributed by atoms with E-state index in [1.165, 1.54) is 5.69 Å². The normalized spacial score (nSPS) is 13.4. The van der Waals surface area contributed by atoms with Crippen molar-refractivity contribution in [2.45, 2.75) is 0 Å². The van der Waals surface area contributed by atoms with Crippen LogP contribution >= 0.6 is 0 Å². The molecule has 3 aromatic carbocycles. The summed E-state index contributed by atoms with van der Waals surface area (Å²) in [7, 11) is 0. The topological polar surface area (TPSA) is 93.4 Å². The van der Waals surface area contributed by atoms with E-state index >= 15 is 0 Å². The number of ether oxygens (including phenoxy) is 1. The van der Waals surface area contributed by atoms with Gasteiger partial charge < -0.3 is 20.7 Å². The molecule has 2 aromatic heterocycles. The lowest BCUT2D eigenvalue weighted by Gasteiger charge is -2.29. The zero-order chi connectivity index (χ0) is 25.9. The van der Waals surface area contributed by atoms with Gasteiger partial charge in [-0.1, -0.05) is 30.3 Å². The number of hydrogen-bond donors (Lipinski definition) is 2. The highest BCUT2D eigenvalue weighted by Crippen LogP contribution is 2.32. The maximum Gasteiger partial charge on any atom is 0.257 e. The maximum atomic E-state index is 12.6. The molecule has 6 rings (SSSR count). The Balaban J connectivity index is 1.28. The number of morpholine rings is 1. The number of nitrogens with zero attached hydrogens (tertiary/aromatic N) is 3. The first-order valence-electron chi connectivity index (χ1n) is 12.6. The second kappa shape index (κ2) is 10.3. The van der Waals surface area contributed by atoms with Crippen LogP contribution < -0.4 is 16.0 Å². The number of pyridine rings is 2. The van der Waals surface area contributed by atoms with E-state index in [1.54, 1.807) is 24.5 Å². The number of nitrogens with two attached hydrogens (primary N) is 1. The van der Waals surface area contributed by atoms with Crippen molar-refractivity contribution in [3.8, 4) is 22.3 Å². The van der Waals surface area contributed by atoms with E-state index in [2.05, 4.69) is 56.6 Å². The monoisotopic (exact) mass is 501 g/mol. The number of rotatable bonds is 5. The van der Waals surface area contributed by atoms with Crippen molar-refractivity contribution in [3.63, 3.8) is 0 Å². The molecule has 3 N–H and O–H groups in total. The molecule has 0 aliphatic carbocycles. The lowest BCUT2D eigenvalue weighted by atomic mass is 9.99. The molecule has 0 atom stereocenters. The molecule has 0 spiro atoms. The Bertz CT molecular complexity index is 1600. The average Bonchev–Trinajstić information content (AvgIpc) is 2.98. The van der Waals surface area contributed by atoms with E-state index in [4.69, 9.17) is 10.5 Å². The molecule has 1 saturated heterocycles. The Morgan fingerprint density at radius 1 is 0.868 bits per heavy atom. The van der Waals surface area contributed by atoms with Crippen molar-refractivity contribution in [1.29, 1.82) is 0 Å². The standard InChI is InChI=1S/C31H27N5O2/c32-30-28(21-6-9-27(10-7-21)36-13-15-38-16-14-36)19-25-17-23(8-11-29(25)35-30)22-3-1-5-26(18-22)34-31(37)24-4-2-12-33-20-24/h1-12,17-20H,13-16H2,(H2,32,35)(H,34,37). The Morgan fingerprint density at radius 2 is 1.66 bits per heavy atom. The van der Waals surface area contributed by atoms with E-state index in [-0.39, 0.29) is 5.91 Å². The maximum absolute atomic E-state index is 12.6. The molecular formula is C31H27N5O2. The van der Waals surface area contributed by atoms with Crippen molar-refractivity contribution in [2.75, 3.05) is 42.3 Å². The summed E-state index contributed by atoms with van der Waals surface area (Å²) in [4.78, 5) is 23.6. The fourth-order valence-corrected chi connectivity index (χ4v) is 4.75. The van der Waals surface area contributed by atoms with Crippen molar-refractivity contribution < 1.29 is 9.53 Å². The molecule has 0 unspecified atom stereocenters. The second-order valence-corrected chi connectivity index (χ2v) is 9.25. The summed E-state index contributed by atoms with van der Waals surface area (Å²) < 4.78 is 5.47. The summed E-state index contributed by atoms with van der Waals surface area (Å²) >= 11 is 0. The third-order valence-corrected chi connectivity index (χ3v) is 6.78. The molecule has 1 aliphatic heterocycles. The Hall–Kier alpha value is -4.75. The number of amides is 1. The van der Waals surface area contributed by atoms with Crippen molar-refractivity contribution in [2.24, 2.45) is 0 Å². The number of nitrogens with one attached hydrogen (secondary N) is 1. The fourth-order valence-electron chi connectivity index (χ4n) is 4.75. The molecule has 0 saturated carbocycles. The molecule has 7 nitrogen and oxygen atoms in total. The number of carbonyl (C=O) groups excluding carboxylic acids is 1. The number of aromatic nitrogens is 2. The smallest absolute Gasteiger partial charge is 0.257 e. The van der Waals surface area contributed by atoms with Crippen LogP contribution in [0, 0.1) is 0 Å². The second-order valence-electron chi connectivity index (χ2n) is 9.25. The quantitative estimate of drug-likeness (QED) is 0.324. The first-order chi connectivity index (χ1) is 18.6. The first-order valence-corrected chi connectivity index (χ1v) is 12.6. The number of fused-ring (bicyclic) bond motifs is 1. The Labute approximate surface area is 220 Å². The van der Waals surface area contributed by atoms with Gasteiger partial charge in [-0.3, -0.25) is 9.78 Å². The molecule has 3 heterocycles. The number of hydrogen-bond acceptors (Lipinski definition) is 6. The number of benzene rings is 3. The van der Waals surface area contributed by atoms with Crippen molar-refractivity contribution in [1.82, 2.24) is 9.97 Å². The van der Waals surface area contributed by atoms with Gasteiger partial charge in [-0.2, -0.15) is 0 Å². The first kappa shape index (κ1) is 23.6. The average molecular weight is 502 g/mol. The highest BCUT2D eigenvalue weighted by Gasteiger charge is 2.13. The fraction of sp³-hybridized carbons (Fsp3) is 0.129. The summed E-state index contributed by atoms with van der Waals surface area (Å²) in [6.07, 6.45) is 3.19. The van der Waals surface area contributed by atoms with Crippen molar-refractivity contribution >= 4 is 34.0 Å². The van der Waals surface area contributed by atoms with Crippen LogP contribution in [0.2, 0.25) is 0 Å². The highest BCUT2D eigenvalue weighted by atomic mass is 16.5. The summed E-state index contributed by atoms with van der Waals surface area (Å²) in [5, 5.41) is 3.95. The van der Waals surface area contributed by atoms with Crippen LogP contribution in [0.5, 0.6) is 0 Å². The van der Waals surface area contributed by atoms with Crippen molar-refractivity contribution in [3.05, 3.63) is 103 Å². The largest absolute Gasteiger partial charge is 0.383 e. The molecule has 188 valence electrons. The van der Waals surface area contributed by atoms with Crippen LogP contribution in [0.1, 0.15) is 10.4 Å². The van der Waals surface area contributed by atoms with E-state index in [9.17, 15) is 4.79 Å². The Kier molecular flexibility index (Phi) is 6.42. The van der Waals surface area contributed by atoms with Crippen LogP contribution in [0.3, 0.4) is 0 Å². The summed E-state index contributed by atoms with van der Waals surface area (Å²) in [6.45, 7) is 3.31. The van der Waals surface area contributed by atoms with E-state index in [0.717, 1.165) is 59.5 Å². The zero-order valence-corrected chi connectivity index (χ0v) is 20.8. The molecule has 1 fully saturated rings. The van der Waals surface area contributed by atoms with Crippen LogP contribution in [0.15, 0.2) is 97.3 Å². The molecule has 1 amide bonds. The van der Waals surface area contributed by atoms with Gasteiger partial charge in [-0.15, -0.1) is 0 Å². The van der Waals surface area contributed by atoms with Crippen LogP contribution in [0.4, 0.5) is 17.2 Å². The molecule has 5 aromatic rings. The van der Waals surface area contributed by atoms with Gasteiger partial charge in [0.2, 0.25) is 0 Å². The van der Waals surface area contributed by atoms with Crippen LogP contribution in [-0.4, -0.2) is 42.2 Å².